The number of phosphoric ester groups is 1. The van der Waals surface area contributed by atoms with Crippen LogP contribution in [0, 0.1) is 0 Å². The molecule has 3 N–H and O–H groups in total. The fraction of sp³-hybridized carbons (Fsp3) is 0.667. The SMILES string of the molecule is CC/C=C\C/C=C\C/C=C\C/C=C\C/C=C\C/C=C\C/C=C\CC(=O)NCCOP(=O)(O)OCC(O)COC(=O)CCCCCCCCCCCCCCCCCC. The molecule has 0 radical (unpaired) electrons. The summed E-state index contributed by atoms with van der Waals surface area (Å²) in [7, 11) is -4.45. The van der Waals surface area contributed by atoms with Crippen LogP contribution in [0.25, 0.3) is 0 Å². The summed E-state index contributed by atoms with van der Waals surface area (Å²) in [5.41, 5.74) is 0. The maximum Gasteiger partial charge on any atom is 0.472 e. The first kappa shape index (κ1) is 55.2. The van der Waals surface area contributed by atoms with Crippen LogP contribution < -0.4 is 5.32 Å². The predicted octanol–water partition coefficient (Wildman–Crippen LogP) is 12.8. The van der Waals surface area contributed by atoms with E-state index in [9.17, 15) is 24.2 Å². The highest BCUT2D eigenvalue weighted by Crippen LogP contribution is 2.42. The summed E-state index contributed by atoms with van der Waals surface area (Å²) >= 11 is 0. The third-order valence-electron chi connectivity index (χ3n) is 9.12. The molecule has 2 atom stereocenters. The highest BCUT2D eigenvalue weighted by Gasteiger charge is 2.23. The number of aliphatic hydroxyl groups excluding tert-OH is 1. The molecule has 1 amide bonds. The minimum Gasteiger partial charge on any atom is -0.463 e. The monoisotopic (exact) mass is 832 g/mol. The van der Waals surface area contributed by atoms with E-state index in [4.69, 9.17) is 13.8 Å². The maximum atomic E-state index is 12.1. The number of amides is 1. The summed E-state index contributed by atoms with van der Waals surface area (Å²) in [5, 5.41) is 12.6. The van der Waals surface area contributed by atoms with Gasteiger partial charge in [-0.3, -0.25) is 18.6 Å². The van der Waals surface area contributed by atoms with Crippen molar-refractivity contribution in [3.63, 3.8) is 0 Å². The smallest absolute Gasteiger partial charge is 0.463 e. The average molecular weight is 832 g/mol. The third-order valence-corrected chi connectivity index (χ3v) is 10.1. The number of aliphatic hydroxyl groups is 1. The molecule has 0 aromatic rings. The highest BCUT2D eigenvalue weighted by molar-refractivity contribution is 7.47. The van der Waals surface area contributed by atoms with Crippen LogP contribution in [0.2, 0.25) is 0 Å². The van der Waals surface area contributed by atoms with Crippen LogP contribution in [0.4, 0.5) is 0 Å². The van der Waals surface area contributed by atoms with Crippen molar-refractivity contribution in [2.75, 3.05) is 26.4 Å². The molecule has 0 aliphatic rings. The topological polar surface area (TPSA) is 131 Å². The van der Waals surface area contributed by atoms with Crippen molar-refractivity contribution >= 4 is 19.7 Å². The summed E-state index contributed by atoms with van der Waals surface area (Å²) in [4.78, 5) is 33.9. The Morgan fingerprint density at radius 1 is 0.552 bits per heavy atom. The number of phosphoric acid groups is 1. The van der Waals surface area contributed by atoms with E-state index in [0.29, 0.717) is 0 Å². The zero-order chi connectivity index (χ0) is 42.5. The Morgan fingerprint density at radius 2 is 0.948 bits per heavy atom. The summed E-state index contributed by atoms with van der Waals surface area (Å²) < 4.78 is 26.8. The van der Waals surface area contributed by atoms with Crippen molar-refractivity contribution in [2.24, 2.45) is 0 Å². The van der Waals surface area contributed by atoms with E-state index < -0.39 is 26.5 Å². The van der Waals surface area contributed by atoms with Gasteiger partial charge in [0.15, 0.2) is 0 Å². The van der Waals surface area contributed by atoms with Crippen molar-refractivity contribution in [2.45, 2.75) is 180 Å². The fourth-order valence-corrected chi connectivity index (χ4v) is 6.51. The summed E-state index contributed by atoms with van der Waals surface area (Å²) in [6.07, 6.45) is 55.4. The second kappa shape index (κ2) is 43.8. The van der Waals surface area contributed by atoms with E-state index in [-0.39, 0.29) is 38.5 Å². The lowest BCUT2D eigenvalue weighted by Gasteiger charge is -2.15. The summed E-state index contributed by atoms with van der Waals surface area (Å²) in [5.74, 6) is -0.653. The van der Waals surface area contributed by atoms with E-state index in [1.54, 1.807) is 6.08 Å². The molecule has 0 rings (SSSR count). The summed E-state index contributed by atoms with van der Waals surface area (Å²) in [6, 6.07) is 0. The van der Waals surface area contributed by atoms with E-state index in [2.05, 4.69) is 86.0 Å². The minimum atomic E-state index is -4.45. The van der Waals surface area contributed by atoms with E-state index in [1.165, 1.54) is 83.5 Å². The Labute approximate surface area is 353 Å². The average Bonchev–Trinajstić information content (AvgIpc) is 3.21. The van der Waals surface area contributed by atoms with Gasteiger partial charge in [0, 0.05) is 19.4 Å². The molecular formula is C48H82NO8P. The molecule has 0 heterocycles. The van der Waals surface area contributed by atoms with Gasteiger partial charge >= 0.3 is 13.8 Å². The van der Waals surface area contributed by atoms with Crippen LogP contribution in [0.15, 0.2) is 85.1 Å². The second-order valence-electron chi connectivity index (χ2n) is 14.7. The first-order valence-corrected chi connectivity index (χ1v) is 24.1. The number of carbonyl (C=O) groups excluding carboxylic acids is 2. The molecule has 332 valence electrons. The van der Waals surface area contributed by atoms with Gasteiger partial charge in [0.25, 0.3) is 0 Å². The minimum absolute atomic E-state index is 0.0211. The molecule has 10 heteroatoms. The van der Waals surface area contributed by atoms with Crippen molar-refractivity contribution in [3.8, 4) is 0 Å². The molecule has 0 aliphatic heterocycles. The molecule has 0 fully saturated rings. The first-order chi connectivity index (χ1) is 28.3. The number of nitrogens with one attached hydrogen (secondary N) is 1. The van der Waals surface area contributed by atoms with Gasteiger partial charge in [0.2, 0.25) is 5.91 Å². The predicted molar refractivity (Wildman–Crippen MR) is 242 cm³/mol. The number of esters is 1. The molecule has 0 aliphatic carbocycles. The largest absolute Gasteiger partial charge is 0.472 e. The molecule has 0 bridgehead atoms. The lowest BCUT2D eigenvalue weighted by Crippen LogP contribution is -2.26. The molecule has 2 unspecified atom stereocenters. The van der Waals surface area contributed by atoms with Crippen molar-refractivity contribution in [1.29, 1.82) is 0 Å². The summed E-state index contributed by atoms with van der Waals surface area (Å²) in [6.45, 7) is 3.31. The molecule has 0 saturated heterocycles. The number of carbonyl (C=O) groups is 2. The van der Waals surface area contributed by atoms with Crippen molar-refractivity contribution in [3.05, 3.63) is 85.1 Å². The van der Waals surface area contributed by atoms with Gasteiger partial charge in [-0.15, -0.1) is 0 Å². The molecule has 0 aromatic carbocycles. The van der Waals surface area contributed by atoms with Crippen LogP contribution in [-0.4, -0.2) is 54.3 Å². The Morgan fingerprint density at radius 3 is 1.38 bits per heavy atom. The lowest BCUT2D eigenvalue weighted by molar-refractivity contribution is -0.147. The lowest BCUT2D eigenvalue weighted by atomic mass is 10.0. The van der Waals surface area contributed by atoms with E-state index in [0.717, 1.165) is 64.2 Å². The number of hydrogen-bond acceptors (Lipinski definition) is 7. The molecular weight excluding hydrogens is 750 g/mol. The van der Waals surface area contributed by atoms with Gasteiger partial charge in [0.1, 0.15) is 12.7 Å². The maximum absolute atomic E-state index is 12.1. The van der Waals surface area contributed by atoms with Crippen LogP contribution >= 0.6 is 7.82 Å². The molecule has 58 heavy (non-hydrogen) atoms. The Kier molecular flexibility index (Phi) is 41.6. The first-order valence-electron chi connectivity index (χ1n) is 22.6. The van der Waals surface area contributed by atoms with Gasteiger partial charge in [-0.2, -0.15) is 0 Å². The standard InChI is InChI=1S/C48H82NO8P/c1-3-5-7-9-11-13-15-17-19-21-22-23-24-25-26-28-30-32-34-36-38-40-47(51)49-42-43-56-58(53,54)57-45-46(50)44-55-48(52)41-39-37-35-33-31-29-27-20-18-16-14-12-10-8-6-4-2/h5,7,11,13,17,19,22-23,25-26,30,32,36,38,46,50H,3-4,6,8-10,12,14-16,18,20-21,24,27-29,31,33-35,37,39-45H2,1-2H3,(H,49,51)(H,53,54)/b7-5-,13-11-,19-17-,23-22-,26-25-,32-30-,38-36-. The van der Waals surface area contributed by atoms with Gasteiger partial charge in [-0.1, -0.05) is 195 Å². The number of hydrogen-bond donors (Lipinski definition) is 3. The third kappa shape index (κ3) is 44.3. The molecule has 0 aromatic heterocycles. The Hall–Kier alpha value is -2.81. The molecule has 0 spiro atoms. The van der Waals surface area contributed by atoms with Gasteiger partial charge in [-0.05, 0) is 51.4 Å². The molecule has 9 nitrogen and oxygen atoms in total. The molecule has 0 saturated carbocycles. The quantitative estimate of drug-likeness (QED) is 0.0240. The number of ether oxygens (including phenoxy) is 1. The van der Waals surface area contributed by atoms with Gasteiger partial charge in [-0.25, -0.2) is 4.57 Å². The Bertz CT molecular complexity index is 1220. The van der Waals surface area contributed by atoms with Crippen LogP contribution in [0.1, 0.15) is 174 Å². The second-order valence-corrected chi connectivity index (χ2v) is 16.1. The van der Waals surface area contributed by atoms with Crippen LogP contribution in [0.3, 0.4) is 0 Å². The van der Waals surface area contributed by atoms with E-state index >= 15 is 0 Å². The van der Waals surface area contributed by atoms with Crippen molar-refractivity contribution < 1.29 is 37.9 Å². The van der Waals surface area contributed by atoms with Crippen LogP contribution in [-0.2, 0) is 27.9 Å². The van der Waals surface area contributed by atoms with Gasteiger partial charge in [0.05, 0.1) is 13.2 Å². The number of unbranched alkanes of at least 4 members (excludes halogenated alkanes) is 15. The van der Waals surface area contributed by atoms with Crippen LogP contribution in [0.5, 0.6) is 0 Å². The Balaban J connectivity index is 3.73. The van der Waals surface area contributed by atoms with E-state index in [1.807, 2.05) is 12.2 Å². The normalized spacial score (nSPS) is 14.1. The zero-order valence-electron chi connectivity index (χ0n) is 36.5. The fourth-order valence-electron chi connectivity index (χ4n) is 5.75. The zero-order valence-corrected chi connectivity index (χ0v) is 37.4. The number of rotatable bonds is 41. The van der Waals surface area contributed by atoms with Crippen molar-refractivity contribution in [1.82, 2.24) is 5.32 Å². The number of allylic oxidation sites excluding steroid dienone is 13. The highest BCUT2D eigenvalue weighted by atomic mass is 31.2. The van der Waals surface area contributed by atoms with Gasteiger partial charge < -0.3 is 20.1 Å².